The monoisotopic (exact) mass is 197 g/mol. The first-order chi connectivity index (χ1) is 6.81. The average Bonchev–Trinajstić information content (AvgIpc) is 2.74. The Bertz CT molecular complexity index is 300. The number of nitrogens with one attached hydrogen (secondary N) is 1. The van der Waals surface area contributed by atoms with Crippen LogP contribution in [0.5, 0.6) is 0 Å². The lowest BCUT2D eigenvalue weighted by atomic mass is 10.0. The lowest BCUT2D eigenvalue weighted by molar-refractivity contribution is 0.290. The third-order valence-electron chi connectivity index (χ3n) is 2.62. The van der Waals surface area contributed by atoms with E-state index in [1.165, 1.54) is 0 Å². The van der Waals surface area contributed by atoms with Gasteiger partial charge < -0.3 is 14.9 Å². The number of aliphatic hydroxyl groups is 1. The van der Waals surface area contributed by atoms with Gasteiger partial charge in [-0.25, -0.2) is 0 Å². The molecule has 2 heterocycles. The van der Waals surface area contributed by atoms with Crippen molar-refractivity contribution in [3.05, 3.63) is 11.7 Å². The Kier molecular flexibility index (Phi) is 2.79. The summed E-state index contributed by atoms with van der Waals surface area (Å²) in [5, 5.41) is 15.8. The second-order valence-corrected chi connectivity index (χ2v) is 3.72. The van der Waals surface area contributed by atoms with Crippen molar-refractivity contribution in [3.8, 4) is 0 Å². The molecule has 1 fully saturated rings. The lowest BCUT2D eigenvalue weighted by Gasteiger charge is -2.08. The van der Waals surface area contributed by atoms with Gasteiger partial charge in [0.05, 0.1) is 12.6 Å². The first kappa shape index (κ1) is 9.61. The van der Waals surface area contributed by atoms with Crippen LogP contribution in [0.4, 0.5) is 0 Å². The van der Waals surface area contributed by atoms with E-state index in [1.54, 1.807) is 0 Å². The minimum Gasteiger partial charge on any atom is -0.396 e. The van der Waals surface area contributed by atoms with E-state index in [4.69, 9.17) is 9.63 Å². The molecular formula is C9H15N3O2. The zero-order chi connectivity index (χ0) is 9.97. The molecule has 0 amide bonds. The molecule has 5 heteroatoms. The Morgan fingerprint density at radius 1 is 1.64 bits per heavy atom. The summed E-state index contributed by atoms with van der Waals surface area (Å²) < 4.78 is 5.14. The first-order valence-corrected chi connectivity index (χ1v) is 4.98. The predicted octanol–water partition coefficient (Wildman–Crippen LogP) is 0.275. The first-order valence-electron chi connectivity index (χ1n) is 4.98. The van der Waals surface area contributed by atoms with Gasteiger partial charge in [-0.15, -0.1) is 0 Å². The van der Waals surface area contributed by atoms with Crippen LogP contribution in [0, 0.1) is 5.92 Å². The van der Waals surface area contributed by atoms with E-state index >= 15 is 0 Å². The van der Waals surface area contributed by atoms with Gasteiger partial charge in [0.1, 0.15) is 0 Å². The summed E-state index contributed by atoms with van der Waals surface area (Å²) in [6.07, 6.45) is 1.60. The van der Waals surface area contributed by atoms with E-state index in [0.29, 0.717) is 24.1 Å². The van der Waals surface area contributed by atoms with Crippen LogP contribution in [0.1, 0.15) is 31.1 Å². The molecule has 1 aromatic heterocycles. The molecule has 2 rings (SSSR count). The minimum atomic E-state index is 0.0621. The molecule has 0 aromatic carbocycles. The van der Waals surface area contributed by atoms with Crippen molar-refractivity contribution in [1.82, 2.24) is 15.5 Å². The molecule has 0 bridgehead atoms. The number of aliphatic hydroxyl groups excluding tert-OH is 1. The molecular weight excluding hydrogens is 182 g/mol. The Morgan fingerprint density at radius 2 is 2.50 bits per heavy atom. The number of nitrogens with zero attached hydrogens (tertiary/aromatic N) is 2. The molecule has 2 unspecified atom stereocenters. The molecule has 2 N–H and O–H groups in total. The van der Waals surface area contributed by atoms with Crippen LogP contribution in [-0.2, 0) is 6.42 Å². The van der Waals surface area contributed by atoms with Gasteiger partial charge >= 0.3 is 0 Å². The second-order valence-electron chi connectivity index (χ2n) is 3.72. The minimum absolute atomic E-state index is 0.0621. The maximum Gasteiger partial charge on any atom is 0.244 e. The van der Waals surface area contributed by atoms with Gasteiger partial charge in [-0.2, -0.15) is 4.98 Å². The second kappa shape index (κ2) is 4.06. The highest BCUT2D eigenvalue weighted by molar-refractivity contribution is 4.97. The maximum atomic E-state index is 8.71. The molecule has 0 radical (unpaired) electrons. The topological polar surface area (TPSA) is 71.2 Å². The maximum absolute atomic E-state index is 8.71. The summed E-state index contributed by atoms with van der Waals surface area (Å²) in [6, 6.07) is 0.190. The average molecular weight is 197 g/mol. The molecule has 1 aromatic rings. The standard InChI is InChI=1S/C9H15N3O2/c1-6-2-4-10-8(6)9-11-7(3-5-13)12-14-9/h6,8,10,13H,2-5H2,1H3. The van der Waals surface area contributed by atoms with Gasteiger partial charge in [0.15, 0.2) is 5.82 Å². The van der Waals surface area contributed by atoms with Gasteiger partial charge in [-0.05, 0) is 18.9 Å². The van der Waals surface area contributed by atoms with Crippen LogP contribution in [0.2, 0.25) is 0 Å². The highest BCUT2D eigenvalue weighted by atomic mass is 16.5. The van der Waals surface area contributed by atoms with E-state index in [9.17, 15) is 0 Å². The highest BCUT2D eigenvalue weighted by Crippen LogP contribution is 2.27. The normalized spacial score (nSPS) is 27.0. The summed E-state index contributed by atoms with van der Waals surface area (Å²) in [5.74, 6) is 1.78. The third-order valence-corrected chi connectivity index (χ3v) is 2.62. The molecule has 1 aliphatic heterocycles. The number of hydrogen-bond acceptors (Lipinski definition) is 5. The summed E-state index contributed by atoms with van der Waals surface area (Å²) in [4.78, 5) is 4.23. The van der Waals surface area contributed by atoms with Crippen LogP contribution in [0.15, 0.2) is 4.52 Å². The Labute approximate surface area is 82.5 Å². The predicted molar refractivity (Wildman–Crippen MR) is 49.6 cm³/mol. The molecule has 14 heavy (non-hydrogen) atoms. The number of hydrogen-bond donors (Lipinski definition) is 2. The van der Waals surface area contributed by atoms with Crippen molar-refractivity contribution >= 4 is 0 Å². The smallest absolute Gasteiger partial charge is 0.244 e. The Hall–Kier alpha value is -0.940. The van der Waals surface area contributed by atoms with Crippen molar-refractivity contribution in [2.24, 2.45) is 5.92 Å². The van der Waals surface area contributed by atoms with Crippen molar-refractivity contribution in [2.75, 3.05) is 13.2 Å². The highest BCUT2D eigenvalue weighted by Gasteiger charge is 2.28. The summed E-state index contributed by atoms with van der Waals surface area (Å²) in [6.45, 7) is 3.23. The molecule has 0 spiro atoms. The zero-order valence-corrected chi connectivity index (χ0v) is 8.23. The van der Waals surface area contributed by atoms with E-state index in [1.807, 2.05) is 0 Å². The van der Waals surface area contributed by atoms with Crippen LogP contribution in [0.3, 0.4) is 0 Å². The SMILES string of the molecule is CC1CCNC1c1nc(CCO)no1. The van der Waals surface area contributed by atoms with Gasteiger partial charge in [0.25, 0.3) is 0 Å². The van der Waals surface area contributed by atoms with E-state index in [-0.39, 0.29) is 12.6 Å². The number of aromatic nitrogens is 2. The lowest BCUT2D eigenvalue weighted by Crippen LogP contribution is -2.16. The molecule has 0 aliphatic carbocycles. The van der Waals surface area contributed by atoms with Crippen molar-refractivity contribution in [3.63, 3.8) is 0 Å². The zero-order valence-electron chi connectivity index (χ0n) is 8.23. The molecule has 0 saturated carbocycles. The van der Waals surface area contributed by atoms with Crippen LogP contribution in [0.25, 0.3) is 0 Å². The van der Waals surface area contributed by atoms with Crippen molar-refractivity contribution in [2.45, 2.75) is 25.8 Å². The van der Waals surface area contributed by atoms with E-state index in [0.717, 1.165) is 13.0 Å². The molecule has 5 nitrogen and oxygen atoms in total. The third kappa shape index (κ3) is 1.78. The largest absolute Gasteiger partial charge is 0.396 e. The van der Waals surface area contributed by atoms with Crippen LogP contribution >= 0.6 is 0 Å². The molecule has 2 atom stereocenters. The Balaban J connectivity index is 2.08. The van der Waals surface area contributed by atoms with E-state index in [2.05, 4.69) is 22.4 Å². The van der Waals surface area contributed by atoms with Crippen molar-refractivity contribution < 1.29 is 9.63 Å². The van der Waals surface area contributed by atoms with Crippen molar-refractivity contribution in [1.29, 1.82) is 0 Å². The summed E-state index contributed by atoms with van der Waals surface area (Å²) in [7, 11) is 0. The fourth-order valence-corrected chi connectivity index (χ4v) is 1.76. The molecule has 1 saturated heterocycles. The fraction of sp³-hybridized carbons (Fsp3) is 0.778. The van der Waals surface area contributed by atoms with Gasteiger partial charge in [0.2, 0.25) is 5.89 Å². The van der Waals surface area contributed by atoms with E-state index < -0.39 is 0 Å². The molecule has 78 valence electrons. The summed E-state index contributed by atoms with van der Waals surface area (Å²) >= 11 is 0. The fourth-order valence-electron chi connectivity index (χ4n) is 1.76. The van der Waals surface area contributed by atoms with Gasteiger partial charge in [0, 0.05) is 6.42 Å². The van der Waals surface area contributed by atoms with Gasteiger partial charge in [-0.3, -0.25) is 0 Å². The quantitative estimate of drug-likeness (QED) is 0.728. The van der Waals surface area contributed by atoms with Gasteiger partial charge in [-0.1, -0.05) is 12.1 Å². The number of rotatable bonds is 3. The summed E-state index contributed by atoms with van der Waals surface area (Å²) in [5.41, 5.74) is 0. The Morgan fingerprint density at radius 3 is 3.14 bits per heavy atom. The molecule has 1 aliphatic rings. The van der Waals surface area contributed by atoms with Crippen LogP contribution < -0.4 is 5.32 Å². The van der Waals surface area contributed by atoms with Crippen LogP contribution in [-0.4, -0.2) is 28.4 Å².